The Balaban J connectivity index is 2.12. The van der Waals surface area contributed by atoms with E-state index in [4.69, 9.17) is 0 Å². The van der Waals surface area contributed by atoms with Gasteiger partial charge in [-0.25, -0.2) is 9.78 Å². The summed E-state index contributed by atoms with van der Waals surface area (Å²) in [5.41, 5.74) is 0.824. The fourth-order valence-corrected chi connectivity index (χ4v) is 2.33. The standard InChI is InChI=1S/C14H13N3O3/c18-13-8-17(6-5-15-13)12-7-10(14(19)20)9-3-1-2-4-11(9)16-12/h1-4,7H,5-6,8H2,(H,15,18)(H,19,20). The number of aromatic nitrogens is 1. The maximum Gasteiger partial charge on any atom is 0.336 e. The summed E-state index contributed by atoms with van der Waals surface area (Å²) in [7, 11) is 0. The fourth-order valence-electron chi connectivity index (χ4n) is 2.33. The van der Waals surface area contributed by atoms with Crippen LogP contribution >= 0.6 is 0 Å². The highest BCUT2D eigenvalue weighted by Gasteiger charge is 2.20. The lowest BCUT2D eigenvalue weighted by Gasteiger charge is -2.28. The second-order valence-corrected chi connectivity index (χ2v) is 4.62. The number of carbonyl (C=O) groups is 2. The Morgan fingerprint density at radius 1 is 1.35 bits per heavy atom. The van der Waals surface area contributed by atoms with Gasteiger partial charge in [0.2, 0.25) is 5.91 Å². The zero-order valence-corrected chi connectivity index (χ0v) is 10.7. The van der Waals surface area contributed by atoms with Crippen molar-refractivity contribution in [3.8, 4) is 0 Å². The number of nitrogens with zero attached hydrogens (tertiary/aromatic N) is 2. The molecule has 1 amide bonds. The van der Waals surface area contributed by atoms with E-state index in [0.29, 0.717) is 29.8 Å². The number of carbonyl (C=O) groups excluding carboxylic acids is 1. The quantitative estimate of drug-likeness (QED) is 0.847. The summed E-state index contributed by atoms with van der Waals surface area (Å²) in [5.74, 6) is -0.551. The lowest BCUT2D eigenvalue weighted by Crippen LogP contribution is -2.48. The van der Waals surface area contributed by atoms with E-state index in [9.17, 15) is 14.7 Å². The lowest BCUT2D eigenvalue weighted by atomic mass is 10.1. The summed E-state index contributed by atoms with van der Waals surface area (Å²) in [6.07, 6.45) is 0. The maximum atomic E-state index is 11.4. The molecular formula is C14H13N3O3. The summed E-state index contributed by atoms with van der Waals surface area (Å²) in [4.78, 5) is 29.1. The van der Waals surface area contributed by atoms with Gasteiger partial charge in [0.05, 0.1) is 17.6 Å². The van der Waals surface area contributed by atoms with Gasteiger partial charge >= 0.3 is 5.97 Å². The number of benzene rings is 1. The molecule has 2 aromatic rings. The van der Waals surface area contributed by atoms with Gasteiger partial charge < -0.3 is 15.3 Å². The highest BCUT2D eigenvalue weighted by Crippen LogP contribution is 2.23. The number of carboxylic acids is 1. The number of anilines is 1. The van der Waals surface area contributed by atoms with Crippen LogP contribution in [-0.4, -0.2) is 41.6 Å². The average molecular weight is 271 g/mol. The van der Waals surface area contributed by atoms with Gasteiger partial charge in [-0.1, -0.05) is 18.2 Å². The van der Waals surface area contributed by atoms with Crippen molar-refractivity contribution in [3.63, 3.8) is 0 Å². The molecule has 2 heterocycles. The van der Waals surface area contributed by atoms with E-state index in [-0.39, 0.29) is 18.0 Å². The number of hydrogen-bond donors (Lipinski definition) is 2. The van der Waals surface area contributed by atoms with Crippen LogP contribution in [0.4, 0.5) is 5.82 Å². The molecule has 1 aromatic carbocycles. The summed E-state index contributed by atoms with van der Waals surface area (Å²) in [5, 5.41) is 12.7. The third-order valence-electron chi connectivity index (χ3n) is 3.30. The zero-order chi connectivity index (χ0) is 14.1. The Labute approximate surface area is 115 Å². The number of hydrogen-bond acceptors (Lipinski definition) is 4. The Morgan fingerprint density at radius 2 is 2.15 bits per heavy atom. The molecule has 0 bridgehead atoms. The van der Waals surface area contributed by atoms with Crippen molar-refractivity contribution in [2.45, 2.75) is 0 Å². The minimum Gasteiger partial charge on any atom is -0.478 e. The van der Waals surface area contributed by atoms with Crippen LogP contribution in [0, 0.1) is 0 Å². The molecule has 0 spiro atoms. The topological polar surface area (TPSA) is 82.5 Å². The first-order chi connectivity index (χ1) is 9.65. The second kappa shape index (κ2) is 4.80. The monoisotopic (exact) mass is 271 g/mol. The second-order valence-electron chi connectivity index (χ2n) is 4.62. The van der Waals surface area contributed by atoms with Gasteiger partial charge in [-0.3, -0.25) is 4.79 Å². The van der Waals surface area contributed by atoms with Crippen LogP contribution in [0.15, 0.2) is 30.3 Å². The van der Waals surface area contributed by atoms with Crippen LogP contribution < -0.4 is 10.2 Å². The Hall–Kier alpha value is -2.63. The first kappa shape index (κ1) is 12.4. The Bertz CT molecular complexity index is 699. The van der Waals surface area contributed by atoms with Crippen molar-refractivity contribution in [2.75, 3.05) is 24.5 Å². The van der Waals surface area contributed by atoms with Crippen molar-refractivity contribution in [3.05, 3.63) is 35.9 Å². The van der Waals surface area contributed by atoms with Crippen LogP contribution in [0.2, 0.25) is 0 Å². The molecule has 0 radical (unpaired) electrons. The van der Waals surface area contributed by atoms with Crippen LogP contribution in [0.3, 0.4) is 0 Å². The van der Waals surface area contributed by atoms with Crippen LogP contribution in [0.25, 0.3) is 10.9 Å². The third-order valence-corrected chi connectivity index (χ3v) is 3.30. The SMILES string of the molecule is O=C1CN(c2cc(C(=O)O)c3ccccc3n2)CCN1. The zero-order valence-electron chi connectivity index (χ0n) is 10.7. The summed E-state index contributed by atoms with van der Waals surface area (Å²) < 4.78 is 0. The third kappa shape index (κ3) is 2.16. The van der Waals surface area contributed by atoms with Crippen LogP contribution in [0.5, 0.6) is 0 Å². The summed E-state index contributed by atoms with van der Waals surface area (Å²) in [6, 6.07) is 8.63. The fraction of sp³-hybridized carbons (Fsp3) is 0.214. The highest BCUT2D eigenvalue weighted by atomic mass is 16.4. The van der Waals surface area contributed by atoms with Gasteiger partial charge in [-0.2, -0.15) is 0 Å². The number of nitrogens with one attached hydrogen (secondary N) is 1. The molecule has 0 saturated carbocycles. The molecule has 6 heteroatoms. The van der Waals surface area contributed by atoms with Gasteiger partial charge in [0.15, 0.2) is 0 Å². The van der Waals surface area contributed by atoms with Crippen LogP contribution in [0.1, 0.15) is 10.4 Å². The molecule has 1 aliphatic rings. The van der Waals surface area contributed by atoms with Crippen molar-refractivity contribution in [1.82, 2.24) is 10.3 Å². The van der Waals surface area contributed by atoms with Gasteiger partial charge in [-0.15, -0.1) is 0 Å². The molecule has 102 valence electrons. The minimum absolute atomic E-state index is 0.0805. The molecular weight excluding hydrogens is 258 g/mol. The first-order valence-corrected chi connectivity index (χ1v) is 6.30. The van der Waals surface area contributed by atoms with E-state index in [0.717, 1.165) is 0 Å². The lowest BCUT2D eigenvalue weighted by molar-refractivity contribution is -0.120. The van der Waals surface area contributed by atoms with E-state index >= 15 is 0 Å². The number of aromatic carboxylic acids is 1. The first-order valence-electron chi connectivity index (χ1n) is 6.30. The molecule has 1 aliphatic heterocycles. The van der Waals surface area contributed by atoms with Crippen LogP contribution in [-0.2, 0) is 4.79 Å². The average Bonchev–Trinajstić information content (AvgIpc) is 2.46. The molecule has 0 aliphatic carbocycles. The Kier molecular flexibility index (Phi) is 2.98. The van der Waals surface area contributed by atoms with E-state index in [1.54, 1.807) is 23.1 Å². The molecule has 1 fully saturated rings. The largest absolute Gasteiger partial charge is 0.478 e. The molecule has 2 N–H and O–H groups in total. The molecule has 0 unspecified atom stereocenters. The Morgan fingerprint density at radius 3 is 2.90 bits per heavy atom. The van der Waals surface area contributed by atoms with Crippen molar-refractivity contribution in [2.24, 2.45) is 0 Å². The molecule has 1 saturated heterocycles. The molecule has 0 atom stereocenters. The maximum absolute atomic E-state index is 11.4. The van der Waals surface area contributed by atoms with E-state index in [2.05, 4.69) is 10.3 Å². The molecule has 3 rings (SSSR count). The highest BCUT2D eigenvalue weighted by molar-refractivity contribution is 6.03. The van der Waals surface area contributed by atoms with E-state index in [1.807, 2.05) is 6.07 Å². The number of amides is 1. The summed E-state index contributed by atoms with van der Waals surface area (Å²) in [6.45, 7) is 1.36. The number of fused-ring (bicyclic) bond motifs is 1. The van der Waals surface area contributed by atoms with Crippen molar-refractivity contribution in [1.29, 1.82) is 0 Å². The van der Waals surface area contributed by atoms with Gasteiger partial charge in [0.1, 0.15) is 5.82 Å². The predicted octanol–water partition coefficient (Wildman–Crippen LogP) is 0.869. The predicted molar refractivity (Wildman–Crippen MR) is 73.9 cm³/mol. The molecule has 20 heavy (non-hydrogen) atoms. The number of pyridine rings is 1. The summed E-state index contributed by atoms with van der Waals surface area (Å²) >= 11 is 0. The number of rotatable bonds is 2. The minimum atomic E-state index is -0.994. The normalized spacial score (nSPS) is 15.2. The smallest absolute Gasteiger partial charge is 0.336 e. The van der Waals surface area contributed by atoms with E-state index in [1.165, 1.54) is 6.07 Å². The van der Waals surface area contributed by atoms with Gasteiger partial charge in [0.25, 0.3) is 0 Å². The van der Waals surface area contributed by atoms with Gasteiger partial charge in [0, 0.05) is 18.5 Å². The van der Waals surface area contributed by atoms with Crippen molar-refractivity contribution < 1.29 is 14.7 Å². The number of piperazine rings is 1. The molecule has 1 aromatic heterocycles. The van der Waals surface area contributed by atoms with Crippen molar-refractivity contribution >= 4 is 28.6 Å². The molecule has 6 nitrogen and oxygen atoms in total. The number of para-hydroxylation sites is 1. The van der Waals surface area contributed by atoms with E-state index < -0.39 is 5.97 Å². The van der Waals surface area contributed by atoms with Gasteiger partial charge in [-0.05, 0) is 12.1 Å². The number of carboxylic acid groups (broad SMARTS) is 1.